The second kappa shape index (κ2) is 3.48. The first-order valence-electron chi connectivity index (χ1n) is 3.71. The summed E-state index contributed by atoms with van der Waals surface area (Å²) in [6.07, 6.45) is 0. The van der Waals surface area contributed by atoms with Crippen LogP contribution in [0.4, 0.5) is 0 Å². The van der Waals surface area contributed by atoms with Gasteiger partial charge in [-0.1, -0.05) is 19.0 Å². The van der Waals surface area contributed by atoms with Gasteiger partial charge in [-0.05, 0) is 7.05 Å². The molecule has 0 saturated carbocycles. The van der Waals surface area contributed by atoms with E-state index in [0.717, 1.165) is 5.82 Å². The molecule has 1 aromatic heterocycles. The van der Waals surface area contributed by atoms with Gasteiger partial charge in [0.15, 0.2) is 5.82 Å². The lowest BCUT2D eigenvalue weighted by Gasteiger charge is -1.92. The smallest absolute Gasteiger partial charge is 0.240 e. The minimum atomic E-state index is 0.337. The van der Waals surface area contributed by atoms with Gasteiger partial charge in [-0.25, -0.2) is 0 Å². The summed E-state index contributed by atoms with van der Waals surface area (Å²) < 4.78 is 4.94. The predicted octanol–water partition coefficient (Wildman–Crippen LogP) is 0.912. The fourth-order valence-electron chi connectivity index (χ4n) is 0.726. The minimum absolute atomic E-state index is 0.337. The Balaban J connectivity index is 2.66. The molecule has 0 aliphatic heterocycles. The second-order valence-electron chi connectivity index (χ2n) is 2.73. The van der Waals surface area contributed by atoms with Crippen LogP contribution in [0.3, 0.4) is 0 Å². The van der Waals surface area contributed by atoms with E-state index in [-0.39, 0.29) is 0 Å². The van der Waals surface area contributed by atoms with E-state index in [0.29, 0.717) is 18.4 Å². The Bertz CT molecular complexity index is 219. The molecular formula is C7H13N3O. The molecule has 62 valence electrons. The van der Waals surface area contributed by atoms with E-state index in [9.17, 15) is 0 Å². The number of hydrogen-bond donors (Lipinski definition) is 1. The molecule has 0 fully saturated rings. The molecule has 1 N–H and O–H groups in total. The molecule has 0 atom stereocenters. The largest absolute Gasteiger partial charge is 0.338 e. The van der Waals surface area contributed by atoms with E-state index < -0.39 is 0 Å². The van der Waals surface area contributed by atoms with Crippen molar-refractivity contribution < 1.29 is 4.52 Å². The summed E-state index contributed by atoms with van der Waals surface area (Å²) in [5.41, 5.74) is 0. The minimum Gasteiger partial charge on any atom is -0.338 e. The van der Waals surface area contributed by atoms with Crippen molar-refractivity contribution in [1.29, 1.82) is 0 Å². The highest BCUT2D eigenvalue weighted by molar-refractivity contribution is 4.90. The van der Waals surface area contributed by atoms with Crippen LogP contribution < -0.4 is 5.32 Å². The highest BCUT2D eigenvalue weighted by atomic mass is 16.5. The van der Waals surface area contributed by atoms with Crippen LogP contribution in [0.2, 0.25) is 0 Å². The third kappa shape index (κ3) is 2.01. The summed E-state index contributed by atoms with van der Waals surface area (Å²) in [7, 11) is 1.85. The van der Waals surface area contributed by atoms with Gasteiger partial charge in [0.1, 0.15) is 0 Å². The zero-order valence-electron chi connectivity index (χ0n) is 7.09. The predicted molar refractivity (Wildman–Crippen MR) is 41.2 cm³/mol. The zero-order chi connectivity index (χ0) is 8.27. The molecule has 0 aromatic carbocycles. The summed E-state index contributed by atoms with van der Waals surface area (Å²) in [6, 6.07) is 0. The van der Waals surface area contributed by atoms with Gasteiger partial charge in [0.2, 0.25) is 5.89 Å². The first-order valence-corrected chi connectivity index (χ1v) is 3.71. The molecule has 4 nitrogen and oxygen atoms in total. The van der Waals surface area contributed by atoms with E-state index in [1.807, 2.05) is 20.9 Å². The Morgan fingerprint density at radius 2 is 2.27 bits per heavy atom. The van der Waals surface area contributed by atoms with Crippen molar-refractivity contribution in [1.82, 2.24) is 15.5 Å². The maximum absolute atomic E-state index is 4.94. The first-order chi connectivity index (χ1) is 5.24. The van der Waals surface area contributed by atoms with Crippen LogP contribution in [0.15, 0.2) is 4.52 Å². The molecule has 0 radical (unpaired) electrons. The molecule has 1 heterocycles. The van der Waals surface area contributed by atoms with Crippen molar-refractivity contribution in [2.45, 2.75) is 26.3 Å². The van der Waals surface area contributed by atoms with Crippen molar-refractivity contribution in [2.24, 2.45) is 0 Å². The van der Waals surface area contributed by atoms with E-state index in [4.69, 9.17) is 4.52 Å². The third-order valence-corrected chi connectivity index (χ3v) is 1.33. The molecule has 1 rings (SSSR count). The number of hydrogen-bond acceptors (Lipinski definition) is 4. The lowest BCUT2D eigenvalue weighted by Crippen LogP contribution is -2.05. The number of nitrogens with one attached hydrogen (secondary N) is 1. The molecule has 0 aliphatic carbocycles. The molecule has 0 bridgehead atoms. The van der Waals surface area contributed by atoms with Gasteiger partial charge in [0.25, 0.3) is 0 Å². The monoisotopic (exact) mass is 155 g/mol. The van der Waals surface area contributed by atoms with Crippen molar-refractivity contribution >= 4 is 0 Å². The van der Waals surface area contributed by atoms with Crippen molar-refractivity contribution in [3.63, 3.8) is 0 Å². The third-order valence-electron chi connectivity index (χ3n) is 1.33. The Morgan fingerprint density at radius 3 is 2.73 bits per heavy atom. The Hall–Kier alpha value is -0.900. The zero-order valence-corrected chi connectivity index (χ0v) is 7.09. The van der Waals surface area contributed by atoms with Gasteiger partial charge in [-0.3, -0.25) is 0 Å². The molecule has 1 aromatic rings. The Morgan fingerprint density at radius 1 is 1.55 bits per heavy atom. The van der Waals surface area contributed by atoms with E-state index in [1.54, 1.807) is 0 Å². The second-order valence-corrected chi connectivity index (χ2v) is 2.73. The van der Waals surface area contributed by atoms with Crippen LogP contribution in [0, 0.1) is 0 Å². The summed E-state index contributed by atoms with van der Waals surface area (Å²) in [5.74, 6) is 1.76. The van der Waals surface area contributed by atoms with Crippen LogP contribution >= 0.6 is 0 Å². The Kier molecular flexibility index (Phi) is 2.59. The van der Waals surface area contributed by atoms with Gasteiger partial charge in [-0.2, -0.15) is 4.98 Å². The maximum Gasteiger partial charge on any atom is 0.240 e. The quantitative estimate of drug-likeness (QED) is 0.705. The average molecular weight is 155 g/mol. The van der Waals surface area contributed by atoms with E-state index in [1.165, 1.54) is 0 Å². The van der Waals surface area contributed by atoms with Gasteiger partial charge >= 0.3 is 0 Å². The van der Waals surface area contributed by atoms with Crippen LogP contribution in [-0.4, -0.2) is 17.2 Å². The fraction of sp³-hybridized carbons (Fsp3) is 0.714. The maximum atomic E-state index is 4.94. The highest BCUT2D eigenvalue weighted by Gasteiger charge is 2.07. The summed E-state index contributed by atoms with van der Waals surface area (Å²) in [5, 5.41) is 6.75. The lowest BCUT2D eigenvalue weighted by molar-refractivity contribution is 0.365. The SMILES string of the molecule is CNCc1nc(C(C)C)no1. The summed E-state index contributed by atoms with van der Waals surface area (Å²) >= 11 is 0. The van der Waals surface area contributed by atoms with Crippen LogP contribution in [0.1, 0.15) is 31.5 Å². The molecule has 0 spiro atoms. The number of nitrogens with zero attached hydrogens (tertiary/aromatic N) is 2. The van der Waals surface area contributed by atoms with Crippen LogP contribution in [0.25, 0.3) is 0 Å². The molecule has 0 aliphatic rings. The van der Waals surface area contributed by atoms with Crippen molar-refractivity contribution in [3.8, 4) is 0 Å². The topological polar surface area (TPSA) is 51.0 Å². The molecule has 0 unspecified atom stereocenters. The Labute approximate surface area is 66.0 Å². The van der Waals surface area contributed by atoms with Crippen LogP contribution in [0.5, 0.6) is 0 Å². The van der Waals surface area contributed by atoms with Crippen molar-refractivity contribution in [2.75, 3.05) is 7.05 Å². The summed E-state index contributed by atoms with van der Waals surface area (Å²) in [6.45, 7) is 4.71. The normalized spacial score (nSPS) is 10.9. The van der Waals surface area contributed by atoms with E-state index >= 15 is 0 Å². The van der Waals surface area contributed by atoms with Gasteiger partial charge in [-0.15, -0.1) is 0 Å². The molecule has 0 saturated heterocycles. The molecule has 4 heteroatoms. The first kappa shape index (κ1) is 8.20. The van der Waals surface area contributed by atoms with E-state index in [2.05, 4.69) is 15.5 Å². The fourth-order valence-corrected chi connectivity index (χ4v) is 0.726. The lowest BCUT2D eigenvalue weighted by atomic mass is 10.2. The van der Waals surface area contributed by atoms with Crippen molar-refractivity contribution in [3.05, 3.63) is 11.7 Å². The highest BCUT2D eigenvalue weighted by Crippen LogP contribution is 2.08. The molecular weight excluding hydrogens is 142 g/mol. The number of rotatable bonds is 3. The van der Waals surface area contributed by atoms with Crippen LogP contribution in [-0.2, 0) is 6.54 Å². The van der Waals surface area contributed by atoms with Gasteiger partial charge in [0, 0.05) is 5.92 Å². The molecule has 11 heavy (non-hydrogen) atoms. The number of aromatic nitrogens is 2. The standard InChI is InChI=1S/C7H13N3O/c1-5(2)7-9-6(4-8-3)11-10-7/h5,8H,4H2,1-3H3. The summed E-state index contributed by atoms with van der Waals surface area (Å²) in [4.78, 5) is 4.16. The molecule has 0 amide bonds. The van der Waals surface area contributed by atoms with Gasteiger partial charge < -0.3 is 9.84 Å². The average Bonchev–Trinajstić information content (AvgIpc) is 2.37. The van der Waals surface area contributed by atoms with Gasteiger partial charge in [0.05, 0.1) is 6.54 Å².